The molecule has 0 aliphatic carbocycles. The van der Waals surface area contributed by atoms with Crippen LogP contribution >= 0.6 is 0 Å². The Bertz CT molecular complexity index is 1270. The molecule has 9 heteroatoms. The van der Waals surface area contributed by atoms with Crippen LogP contribution in [0.2, 0.25) is 0 Å². The molecule has 9 nitrogen and oxygen atoms in total. The Labute approximate surface area is 228 Å². The lowest BCUT2D eigenvalue weighted by Gasteiger charge is -2.32. The molecule has 1 aromatic heterocycles. The molecule has 2 saturated heterocycles. The van der Waals surface area contributed by atoms with Crippen molar-refractivity contribution in [2.45, 2.75) is 18.9 Å². The molecular formula is C30H34N4O5. The van der Waals surface area contributed by atoms with Crippen molar-refractivity contribution in [3.8, 4) is 22.8 Å². The molecule has 5 rings (SSSR count). The van der Waals surface area contributed by atoms with Crippen LogP contribution in [0.4, 0.5) is 10.5 Å². The number of ether oxygens (including phenoxy) is 3. The molecule has 2 aromatic carbocycles. The number of benzene rings is 2. The van der Waals surface area contributed by atoms with Crippen LogP contribution in [0.3, 0.4) is 0 Å². The lowest BCUT2D eigenvalue weighted by molar-refractivity contribution is 0.0412. The summed E-state index contributed by atoms with van der Waals surface area (Å²) in [4.78, 5) is 35.9. The lowest BCUT2D eigenvalue weighted by atomic mass is 10.1. The summed E-state index contributed by atoms with van der Waals surface area (Å²) >= 11 is 0. The van der Waals surface area contributed by atoms with Gasteiger partial charge in [0.25, 0.3) is 5.91 Å². The summed E-state index contributed by atoms with van der Waals surface area (Å²) in [6.07, 6.45) is 2.72. The maximum absolute atomic E-state index is 13.3. The van der Waals surface area contributed by atoms with Gasteiger partial charge in [0, 0.05) is 76.6 Å². The van der Waals surface area contributed by atoms with E-state index in [2.05, 4.69) is 34.1 Å². The largest absolute Gasteiger partial charge is 0.474 e. The first-order valence-electron chi connectivity index (χ1n) is 13.3. The number of piperidine rings is 1. The molecule has 0 saturated carbocycles. The fraction of sp³-hybridized carbons (Fsp3) is 0.367. The van der Waals surface area contributed by atoms with Crippen molar-refractivity contribution in [1.82, 2.24) is 14.8 Å². The van der Waals surface area contributed by atoms with Crippen molar-refractivity contribution >= 4 is 17.7 Å². The molecule has 3 aromatic rings. The molecule has 2 amide bonds. The van der Waals surface area contributed by atoms with Gasteiger partial charge >= 0.3 is 6.09 Å². The van der Waals surface area contributed by atoms with Crippen LogP contribution < -0.4 is 14.4 Å². The first-order valence-corrected chi connectivity index (χ1v) is 13.3. The summed E-state index contributed by atoms with van der Waals surface area (Å²) < 4.78 is 17.0. The first kappa shape index (κ1) is 26.5. The minimum absolute atomic E-state index is 0.0267. The van der Waals surface area contributed by atoms with Gasteiger partial charge in [-0.3, -0.25) is 4.79 Å². The smallest absolute Gasteiger partial charge is 0.415 e. The van der Waals surface area contributed by atoms with Crippen molar-refractivity contribution < 1.29 is 23.8 Å². The topological polar surface area (TPSA) is 84.4 Å². The Morgan fingerprint density at radius 2 is 1.56 bits per heavy atom. The van der Waals surface area contributed by atoms with E-state index in [0.717, 1.165) is 16.8 Å². The van der Waals surface area contributed by atoms with E-state index in [4.69, 9.17) is 14.2 Å². The van der Waals surface area contributed by atoms with Crippen LogP contribution in [0.5, 0.6) is 11.6 Å². The van der Waals surface area contributed by atoms with E-state index >= 15 is 0 Å². The molecule has 2 aliphatic heterocycles. The quantitative estimate of drug-likeness (QED) is 0.469. The van der Waals surface area contributed by atoms with Gasteiger partial charge in [-0.2, -0.15) is 0 Å². The van der Waals surface area contributed by atoms with Crippen LogP contribution in [-0.4, -0.2) is 86.4 Å². The van der Waals surface area contributed by atoms with Gasteiger partial charge in [0.15, 0.2) is 0 Å². The highest BCUT2D eigenvalue weighted by molar-refractivity contribution is 5.97. The summed E-state index contributed by atoms with van der Waals surface area (Å²) in [7, 11) is 4.04. The molecular weight excluding hydrogens is 496 g/mol. The van der Waals surface area contributed by atoms with Gasteiger partial charge in [0.2, 0.25) is 5.88 Å². The number of aromatic nitrogens is 1. The average molecular weight is 531 g/mol. The van der Waals surface area contributed by atoms with Crippen LogP contribution in [0.1, 0.15) is 23.2 Å². The zero-order valence-corrected chi connectivity index (χ0v) is 22.4. The number of rotatable bonds is 6. The Morgan fingerprint density at radius 3 is 2.23 bits per heavy atom. The maximum atomic E-state index is 13.3. The van der Waals surface area contributed by atoms with Gasteiger partial charge in [-0.1, -0.05) is 24.3 Å². The fourth-order valence-corrected chi connectivity index (χ4v) is 4.73. The standard InChI is InChI=1S/C30H34N4O5/c1-32(2)24-10-7-22(8-11-24)23-9-12-28(31-21-23)38-25-13-15-33(16-14-25)29(35)26-5-3-4-6-27(26)39-30(36)34-17-19-37-20-18-34/h3-12,21,25H,13-20H2,1-2H3. The SMILES string of the molecule is CN(C)c1ccc(-c2ccc(OC3CCN(C(=O)c4ccccc4OC(=O)N4CCOCC4)CC3)nc2)cc1. The van der Waals surface area contributed by atoms with Gasteiger partial charge in [-0.15, -0.1) is 0 Å². The number of carbonyl (C=O) groups excluding carboxylic acids is 2. The number of pyridine rings is 1. The predicted molar refractivity (Wildman–Crippen MR) is 148 cm³/mol. The Morgan fingerprint density at radius 1 is 0.872 bits per heavy atom. The van der Waals surface area contributed by atoms with Crippen LogP contribution in [0.15, 0.2) is 66.9 Å². The summed E-state index contributed by atoms with van der Waals surface area (Å²) in [6.45, 7) is 3.01. The summed E-state index contributed by atoms with van der Waals surface area (Å²) in [6, 6.07) is 19.1. The number of amides is 2. The van der Waals surface area contributed by atoms with Crippen molar-refractivity contribution in [3.63, 3.8) is 0 Å². The van der Waals surface area contributed by atoms with Crippen molar-refractivity contribution in [2.75, 3.05) is 58.4 Å². The molecule has 0 radical (unpaired) electrons. The lowest BCUT2D eigenvalue weighted by Crippen LogP contribution is -2.43. The number of hydrogen-bond acceptors (Lipinski definition) is 7. The van der Waals surface area contributed by atoms with Gasteiger partial charge < -0.3 is 28.9 Å². The number of carbonyl (C=O) groups is 2. The summed E-state index contributed by atoms with van der Waals surface area (Å²) in [5, 5.41) is 0. The van der Waals surface area contributed by atoms with E-state index in [0.29, 0.717) is 63.7 Å². The third-order valence-corrected chi connectivity index (χ3v) is 7.05. The van der Waals surface area contributed by atoms with E-state index < -0.39 is 6.09 Å². The minimum atomic E-state index is -0.463. The normalized spacial score (nSPS) is 16.1. The number of hydrogen-bond donors (Lipinski definition) is 0. The van der Waals surface area contributed by atoms with Gasteiger partial charge in [0.05, 0.1) is 18.8 Å². The highest BCUT2D eigenvalue weighted by Gasteiger charge is 2.28. The highest BCUT2D eigenvalue weighted by Crippen LogP contribution is 2.26. The molecule has 2 aliphatic rings. The number of nitrogens with zero attached hydrogens (tertiary/aromatic N) is 4. The highest BCUT2D eigenvalue weighted by atomic mass is 16.6. The van der Waals surface area contributed by atoms with Crippen LogP contribution in [0, 0.1) is 0 Å². The van der Waals surface area contributed by atoms with Gasteiger partial charge in [-0.05, 0) is 35.9 Å². The third kappa shape index (κ3) is 6.49. The Balaban J connectivity index is 1.15. The van der Waals surface area contributed by atoms with Crippen molar-refractivity contribution in [3.05, 3.63) is 72.4 Å². The first-order chi connectivity index (χ1) is 19.0. The number of anilines is 1. The molecule has 3 heterocycles. The number of likely N-dealkylation sites (tertiary alicyclic amines) is 1. The Hall–Kier alpha value is -4.11. The predicted octanol–water partition coefficient (Wildman–Crippen LogP) is 4.33. The molecule has 0 N–H and O–H groups in total. The maximum Gasteiger partial charge on any atom is 0.415 e. The molecule has 0 atom stereocenters. The number of para-hydroxylation sites is 1. The Kier molecular flexibility index (Phi) is 8.27. The average Bonchev–Trinajstić information content (AvgIpc) is 2.98. The van der Waals surface area contributed by atoms with Crippen molar-refractivity contribution in [2.24, 2.45) is 0 Å². The molecule has 204 valence electrons. The molecule has 0 spiro atoms. The van der Waals surface area contributed by atoms with E-state index in [1.807, 2.05) is 32.4 Å². The van der Waals surface area contributed by atoms with Gasteiger partial charge in [-0.25, -0.2) is 9.78 Å². The third-order valence-electron chi connectivity index (χ3n) is 7.05. The monoisotopic (exact) mass is 530 g/mol. The zero-order valence-electron chi connectivity index (χ0n) is 22.4. The second-order valence-electron chi connectivity index (χ2n) is 9.90. The summed E-state index contributed by atoms with van der Waals surface area (Å²) in [5.41, 5.74) is 3.66. The molecule has 39 heavy (non-hydrogen) atoms. The van der Waals surface area contributed by atoms with Crippen molar-refractivity contribution in [1.29, 1.82) is 0 Å². The van der Waals surface area contributed by atoms with E-state index in [-0.39, 0.29) is 17.8 Å². The zero-order chi connectivity index (χ0) is 27.2. The fourth-order valence-electron chi connectivity index (χ4n) is 4.73. The second-order valence-corrected chi connectivity index (χ2v) is 9.90. The molecule has 2 fully saturated rings. The minimum Gasteiger partial charge on any atom is -0.474 e. The van der Waals surface area contributed by atoms with Crippen LogP contribution in [-0.2, 0) is 4.74 Å². The van der Waals surface area contributed by atoms with E-state index in [9.17, 15) is 9.59 Å². The second kappa shape index (κ2) is 12.2. The van der Waals surface area contributed by atoms with E-state index in [1.165, 1.54) is 0 Å². The van der Waals surface area contributed by atoms with E-state index in [1.54, 1.807) is 34.1 Å². The van der Waals surface area contributed by atoms with Gasteiger partial charge in [0.1, 0.15) is 11.9 Å². The number of morpholine rings is 1. The summed E-state index contributed by atoms with van der Waals surface area (Å²) in [5.74, 6) is 0.702. The molecule has 0 unspecified atom stereocenters. The van der Waals surface area contributed by atoms with Crippen LogP contribution in [0.25, 0.3) is 11.1 Å². The molecule has 0 bridgehead atoms.